The third-order valence-corrected chi connectivity index (χ3v) is 6.32. The average molecular weight is 471 g/mol. The number of likely N-dealkylation sites (tertiary alicyclic amines) is 1. The minimum absolute atomic E-state index is 0.0246. The van der Waals surface area contributed by atoms with Gasteiger partial charge in [0.2, 0.25) is 0 Å². The predicted molar refractivity (Wildman–Crippen MR) is 135 cm³/mol. The van der Waals surface area contributed by atoms with Crippen LogP contribution in [0.25, 0.3) is 10.8 Å². The summed E-state index contributed by atoms with van der Waals surface area (Å²) in [5.41, 5.74) is 0.739. The van der Waals surface area contributed by atoms with Crippen molar-refractivity contribution in [2.45, 2.75) is 50.5 Å². The van der Waals surface area contributed by atoms with Gasteiger partial charge in [-0.3, -0.25) is 0 Å². The van der Waals surface area contributed by atoms with E-state index in [4.69, 9.17) is 9.47 Å². The van der Waals surface area contributed by atoms with E-state index in [-0.39, 0.29) is 29.3 Å². The lowest BCUT2D eigenvalue weighted by Gasteiger charge is -2.24. The number of carbonyl (C=O) groups is 2. The molecule has 1 amide bonds. The first-order valence-corrected chi connectivity index (χ1v) is 12.3. The maximum atomic E-state index is 12.6. The molecule has 2 aromatic rings. The van der Waals surface area contributed by atoms with Crippen molar-refractivity contribution in [3.63, 3.8) is 0 Å². The maximum absolute atomic E-state index is 12.6. The van der Waals surface area contributed by atoms with Crippen molar-refractivity contribution in [2.24, 2.45) is 0 Å². The number of nitrogens with zero attached hydrogens (tertiary/aromatic N) is 1. The minimum Gasteiger partial charge on any atom is -0.452 e. The lowest BCUT2D eigenvalue weighted by Crippen LogP contribution is -2.42. The number of hydrogen-bond donors (Lipinski definition) is 1. The summed E-state index contributed by atoms with van der Waals surface area (Å²) in [4.78, 5) is 26.5. The number of benzene rings is 2. The first-order valence-electron chi connectivity index (χ1n) is 11.4. The molecule has 33 heavy (non-hydrogen) atoms. The fourth-order valence-electron chi connectivity index (χ4n) is 3.90. The average Bonchev–Trinajstić information content (AvgIpc) is 3.16. The zero-order valence-corrected chi connectivity index (χ0v) is 20.5. The van der Waals surface area contributed by atoms with Crippen molar-refractivity contribution in [3.05, 3.63) is 60.7 Å². The monoisotopic (exact) mass is 470 g/mol. The van der Waals surface area contributed by atoms with Gasteiger partial charge in [0.15, 0.2) is 0 Å². The van der Waals surface area contributed by atoms with Crippen LogP contribution >= 0.6 is 11.8 Å². The second-order valence-corrected chi connectivity index (χ2v) is 10.5. The molecule has 0 spiro atoms. The van der Waals surface area contributed by atoms with Crippen molar-refractivity contribution in [1.82, 2.24) is 10.2 Å². The van der Waals surface area contributed by atoms with Crippen LogP contribution in [0.3, 0.4) is 0 Å². The van der Waals surface area contributed by atoms with E-state index in [2.05, 4.69) is 48.3 Å². The highest BCUT2D eigenvalue weighted by Gasteiger charge is 2.38. The summed E-state index contributed by atoms with van der Waals surface area (Å²) in [6.07, 6.45) is 2.78. The molecule has 2 atom stereocenters. The van der Waals surface area contributed by atoms with E-state index in [0.29, 0.717) is 19.5 Å². The van der Waals surface area contributed by atoms with E-state index in [9.17, 15) is 9.59 Å². The van der Waals surface area contributed by atoms with Crippen molar-refractivity contribution in [1.29, 1.82) is 0 Å². The van der Waals surface area contributed by atoms with Crippen LogP contribution in [-0.2, 0) is 15.9 Å². The molecule has 2 aromatic carbocycles. The van der Waals surface area contributed by atoms with Crippen LogP contribution in [0.1, 0.15) is 32.8 Å². The van der Waals surface area contributed by atoms with E-state index in [0.717, 1.165) is 24.7 Å². The lowest BCUT2D eigenvalue weighted by atomic mass is 10.1. The van der Waals surface area contributed by atoms with Crippen LogP contribution in [0.5, 0.6) is 0 Å². The second-order valence-electron chi connectivity index (χ2n) is 9.25. The topological polar surface area (TPSA) is 67.9 Å². The SMILES string of the molecule is C=CCOC(=O)N1CC(SC(=O)OC(C)(C)C)CC1CNCCc1ccc2ccccc2c1. The zero-order chi connectivity index (χ0) is 23.8. The number of fused-ring (bicyclic) bond motifs is 1. The molecule has 3 rings (SSSR count). The van der Waals surface area contributed by atoms with Gasteiger partial charge in [0, 0.05) is 24.4 Å². The molecule has 1 heterocycles. The molecular weight excluding hydrogens is 436 g/mol. The molecule has 0 aliphatic carbocycles. The Kier molecular flexibility index (Phi) is 8.80. The highest BCUT2D eigenvalue weighted by molar-refractivity contribution is 8.13. The standard InChI is InChI=1S/C26H34N2O4S/c1-5-14-31-24(29)28-18-23(33-25(30)32-26(2,3)4)16-22(28)17-27-13-12-19-10-11-20-8-6-7-9-21(20)15-19/h5-11,15,22-23,27H,1,12-14,16-18H2,2-4H3. The summed E-state index contributed by atoms with van der Waals surface area (Å²) in [7, 11) is 0. The molecule has 1 aliphatic heterocycles. The summed E-state index contributed by atoms with van der Waals surface area (Å²) in [6.45, 7) is 11.2. The first kappa shape index (κ1) is 25.1. The van der Waals surface area contributed by atoms with Gasteiger partial charge in [0.1, 0.15) is 12.2 Å². The summed E-state index contributed by atoms with van der Waals surface area (Å²) < 4.78 is 10.7. The van der Waals surface area contributed by atoms with Gasteiger partial charge in [-0.25, -0.2) is 9.59 Å². The van der Waals surface area contributed by atoms with Crippen LogP contribution in [-0.4, -0.2) is 59.4 Å². The van der Waals surface area contributed by atoms with Gasteiger partial charge < -0.3 is 19.7 Å². The van der Waals surface area contributed by atoms with Gasteiger partial charge in [-0.05, 0) is 68.3 Å². The molecule has 1 N–H and O–H groups in total. The second kappa shape index (κ2) is 11.6. The number of rotatable bonds is 8. The summed E-state index contributed by atoms with van der Waals surface area (Å²) in [6, 6.07) is 14.8. The van der Waals surface area contributed by atoms with Gasteiger partial charge in [-0.2, -0.15) is 0 Å². The smallest absolute Gasteiger partial charge is 0.410 e. The number of ether oxygens (including phenoxy) is 2. The normalized spacial score (nSPS) is 18.3. The van der Waals surface area contributed by atoms with Crippen LogP contribution in [0.4, 0.5) is 9.59 Å². The fraction of sp³-hybridized carbons (Fsp3) is 0.462. The number of hydrogen-bond acceptors (Lipinski definition) is 6. The Morgan fingerprint density at radius 3 is 2.70 bits per heavy atom. The van der Waals surface area contributed by atoms with E-state index in [1.807, 2.05) is 26.8 Å². The van der Waals surface area contributed by atoms with Crippen molar-refractivity contribution in [3.8, 4) is 0 Å². The summed E-state index contributed by atoms with van der Waals surface area (Å²) >= 11 is 1.16. The van der Waals surface area contributed by atoms with Gasteiger partial charge in [0.25, 0.3) is 0 Å². The largest absolute Gasteiger partial charge is 0.452 e. The van der Waals surface area contributed by atoms with Gasteiger partial charge in [-0.15, -0.1) is 0 Å². The fourth-order valence-corrected chi connectivity index (χ4v) is 5.02. The Morgan fingerprint density at radius 1 is 1.21 bits per heavy atom. The highest BCUT2D eigenvalue weighted by Crippen LogP contribution is 2.30. The lowest BCUT2D eigenvalue weighted by molar-refractivity contribution is 0.0736. The Bertz CT molecular complexity index is 972. The van der Waals surface area contributed by atoms with Crippen molar-refractivity contribution in [2.75, 3.05) is 26.2 Å². The minimum atomic E-state index is -0.533. The third kappa shape index (κ3) is 7.79. The molecule has 6 nitrogen and oxygen atoms in total. The summed E-state index contributed by atoms with van der Waals surface area (Å²) in [5, 5.41) is 5.63. The van der Waals surface area contributed by atoms with E-state index >= 15 is 0 Å². The number of nitrogens with one attached hydrogen (secondary N) is 1. The van der Waals surface area contributed by atoms with Gasteiger partial charge in [-0.1, -0.05) is 55.1 Å². The summed E-state index contributed by atoms with van der Waals surface area (Å²) in [5.74, 6) is 0. The highest BCUT2D eigenvalue weighted by atomic mass is 32.2. The number of carbonyl (C=O) groups excluding carboxylic acids is 2. The molecule has 1 fully saturated rings. The predicted octanol–water partition coefficient (Wildman–Crippen LogP) is 5.41. The van der Waals surface area contributed by atoms with Crippen LogP contribution in [0.15, 0.2) is 55.1 Å². The molecule has 0 bridgehead atoms. The van der Waals surface area contributed by atoms with E-state index in [1.54, 1.807) is 11.0 Å². The molecular formula is C26H34N2O4S. The van der Waals surface area contributed by atoms with Crippen molar-refractivity contribution < 1.29 is 19.1 Å². The van der Waals surface area contributed by atoms with Crippen molar-refractivity contribution >= 4 is 33.9 Å². The molecule has 0 aromatic heterocycles. The molecule has 1 saturated heterocycles. The van der Waals surface area contributed by atoms with E-state index < -0.39 is 5.60 Å². The maximum Gasteiger partial charge on any atom is 0.410 e. The number of thioether (sulfide) groups is 1. The molecule has 178 valence electrons. The zero-order valence-electron chi connectivity index (χ0n) is 19.7. The van der Waals surface area contributed by atoms with Crippen LogP contribution in [0, 0.1) is 0 Å². The van der Waals surface area contributed by atoms with Gasteiger partial charge in [0.05, 0.1) is 0 Å². The van der Waals surface area contributed by atoms with E-state index in [1.165, 1.54) is 16.3 Å². The Balaban J connectivity index is 1.53. The Labute approximate surface area is 200 Å². The first-order chi connectivity index (χ1) is 15.7. The number of amides is 1. The quantitative estimate of drug-likeness (QED) is 0.316. The van der Waals surface area contributed by atoms with Crippen LogP contribution < -0.4 is 5.32 Å². The molecule has 0 saturated carbocycles. The molecule has 2 unspecified atom stereocenters. The molecule has 1 aliphatic rings. The third-order valence-electron chi connectivity index (χ3n) is 5.37. The Hall–Kier alpha value is -2.51. The molecule has 7 heteroatoms. The Morgan fingerprint density at radius 2 is 1.97 bits per heavy atom. The molecule has 0 radical (unpaired) electrons. The van der Waals surface area contributed by atoms with Gasteiger partial charge >= 0.3 is 11.4 Å². The van der Waals surface area contributed by atoms with Crippen LogP contribution in [0.2, 0.25) is 0 Å².